The van der Waals surface area contributed by atoms with Gasteiger partial charge in [0.1, 0.15) is 5.75 Å². The summed E-state index contributed by atoms with van der Waals surface area (Å²) < 4.78 is 5.21. The van der Waals surface area contributed by atoms with Crippen molar-refractivity contribution in [3.63, 3.8) is 0 Å². The van der Waals surface area contributed by atoms with Gasteiger partial charge in [-0.05, 0) is 49.2 Å². The number of hydrogen-bond donors (Lipinski definition) is 2. The molecule has 4 heteroatoms. The van der Waals surface area contributed by atoms with Crippen molar-refractivity contribution < 1.29 is 9.53 Å². The number of amides is 1. The molecule has 2 aromatic rings. The first-order valence-electron chi connectivity index (χ1n) is 6.98. The minimum Gasteiger partial charge on any atom is -0.496 e. The number of anilines is 1. The summed E-state index contributed by atoms with van der Waals surface area (Å²) in [7, 11) is 1.56. The standard InChI is InChI=1S/C17H20N2O2/c1-21-16-10-3-2-9-15(16)17(20)19-14-8-4-6-13(12-14)7-5-11-18/h2-4,6,8-10,12H,5,7,11,18H2,1H3,(H,19,20). The van der Waals surface area contributed by atoms with Crippen LogP contribution >= 0.6 is 0 Å². The van der Waals surface area contributed by atoms with Crippen LogP contribution in [-0.4, -0.2) is 19.6 Å². The first-order chi connectivity index (χ1) is 10.2. The fourth-order valence-corrected chi connectivity index (χ4v) is 2.14. The molecule has 4 nitrogen and oxygen atoms in total. The number of ether oxygens (including phenoxy) is 1. The van der Waals surface area contributed by atoms with Gasteiger partial charge in [-0.1, -0.05) is 24.3 Å². The summed E-state index contributed by atoms with van der Waals surface area (Å²) in [6, 6.07) is 15.0. The summed E-state index contributed by atoms with van der Waals surface area (Å²) in [4.78, 5) is 12.3. The van der Waals surface area contributed by atoms with Gasteiger partial charge in [0.25, 0.3) is 5.91 Å². The Labute approximate surface area is 124 Å². The van der Waals surface area contributed by atoms with Gasteiger partial charge in [0.2, 0.25) is 0 Å². The topological polar surface area (TPSA) is 64.3 Å². The van der Waals surface area contributed by atoms with Crippen LogP contribution in [0.5, 0.6) is 5.75 Å². The maximum absolute atomic E-state index is 12.3. The molecule has 0 fully saturated rings. The maximum Gasteiger partial charge on any atom is 0.259 e. The third kappa shape index (κ3) is 4.07. The largest absolute Gasteiger partial charge is 0.496 e. The molecule has 0 saturated heterocycles. The molecule has 110 valence electrons. The number of para-hydroxylation sites is 1. The van der Waals surface area contributed by atoms with Gasteiger partial charge in [-0.2, -0.15) is 0 Å². The van der Waals surface area contributed by atoms with Gasteiger partial charge >= 0.3 is 0 Å². The average molecular weight is 284 g/mol. The van der Waals surface area contributed by atoms with Crippen molar-refractivity contribution in [2.45, 2.75) is 12.8 Å². The number of carbonyl (C=O) groups is 1. The molecule has 0 unspecified atom stereocenters. The fourth-order valence-electron chi connectivity index (χ4n) is 2.14. The lowest BCUT2D eigenvalue weighted by molar-refractivity contribution is 0.102. The van der Waals surface area contributed by atoms with Gasteiger partial charge in [0.05, 0.1) is 12.7 Å². The van der Waals surface area contributed by atoms with Crippen molar-refractivity contribution in [1.82, 2.24) is 0 Å². The fraction of sp³-hybridized carbons (Fsp3) is 0.235. The van der Waals surface area contributed by atoms with Crippen molar-refractivity contribution in [3.8, 4) is 5.75 Å². The molecular weight excluding hydrogens is 264 g/mol. The zero-order valence-corrected chi connectivity index (χ0v) is 12.1. The van der Waals surface area contributed by atoms with Crippen LogP contribution < -0.4 is 15.8 Å². The Kier molecular flexibility index (Phi) is 5.35. The Bertz CT molecular complexity index is 611. The lowest BCUT2D eigenvalue weighted by Crippen LogP contribution is -2.13. The SMILES string of the molecule is COc1ccccc1C(=O)Nc1cccc(CCCN)c1. The van der Waals surface area contributed by atoms with Crippen LogP contribution in [0.1, 0.15) is 22.3 Å². The van der Waals surface area contributed by atoms with Gasteiger partial charge in [-0.25, -0.2) is 0 Å². The third-order valence-electron chi connectivity index (χ3n) is 3.21. The normalized spacial score (nSPS) is 10.2. The summed E-state index contributed by atoms with van der Waals surface area (Å²) >= 11 is 0. The molecule has 0 aliphatic heterocycles. The summed E-state index contributed by atoms with van der Waals surface area (Å²) in [6.45, 7) is 0.664. The molecule has 2 rings (SSSR count). The highest BCUT2D eigenvalue weighted by Gasteiger charge is 2.11. The van der Waals surface area contributed by atoms with Crippen molar-refractivity contribution in [1.29, 1.82) is 0 Å². The monoisotopic (exact) mass is 284 g/mol. The van der Waals surface area contributed by atoms with E-state index in [1.165, 1.54) is 5.56 Å². The highest BCUT2D eigenvalue weighted by Crippen LogP contribution is 2.19. The van der Waals surface area contributed by atoms with E-state index in [0.717, 1.165) is 18.5 Å². The minimum absolute atomic E-state index is 0.177. The van der Waals surface area contributed by atoms with Gasteiger partial charge in [-0.15, -0.1) is 0 Å². The molecule has 0 saturated carbocycles. The Hall–Kier alpha value is -2.33. The van der Waals surface area contributed by atoms with E-state index in [1.54, 1.807) is 19.2 Å². The Morgan fingerprint density at radius 2 is 2.00 bits per heavy atom. The van der Waals surface area contributed by atoms with Crippen molar-refractivity contribution >= 4 is 11.6 Å². The summed E-state index contributed by atoms with van der Waals surface area (Å²) in [6.07, 6.45) is 1.85. The van der Waals surface area contributed by atoms with E-state index < -0.39 is 0 Å². The van der Waals surface area contributed by atoms with Crippen LogP contribution in [0.15, 0.2) is 48.5 Å². The minimum atomic E-state index is -0.177. The molecular formula is C17H20N2O2. The molecule has 0 atom stereocenters. The van der Waals surface area contributed by atoms with E-state index in [9.17, 15) is 4.79 Å². The van der Waals surface area contributed by atoms with Gasteiger partial charge in [-0.3, -0.25) is 4.79 Å². The Balaban J connectivity index is 2.12. The number of rotatable bonds is 6. The number of aryl methyl sites for hydroxylation is 1. The van der Waals surface area contributed by atoms with Crippen LogP contribution in [0.2, 0.25) is 0 Å². The summed E-state index contributed by atoms with van der Waals surface area (Å²) in [5.41, 5.74) is 7.98. The first kappa shape index (κ1) is 15.1. The number of hydrogen-bond acceptors (Lipinski definition) is 3. The second-order valence-electron chi connectivity index (χ2n) is 4.75. The highest BCUT2D eigenvalue weighted by molar-refractivity contribution is 6.06. The third-order valence-corrected chi connectivity index (χ3v) is 3.21. The Morgan fingerprint density at radius 1 is 1.19 bits per heavy atom. The number of nitrogens with two attached hydrogens (primary N) is 1. The molecule has 0 aromatic heterocycles. The van der Waals surface area contributed by atoms with Gasteiger partial charge in [0, 0.05) is 5.69 Å². The highest BCUT2D eigenvalue weighted by atomic mass is 16.5. The van der Waals surface area contributed by atoms with Crippen LogP contribution in [0.25, 0.3) is 0 Å². The molecule has 0 radical (unpaired) electrons. The van der Waals surface area contributed by atoms with E-state index in [1.807, 2.05) is 36.4 Å². The van der Waals surface area contributed by atoms with Gasteiger partial charge < -0.3 is 15.8 Å². The molecule has 21 heavy (non-hydrogen) atoms. The lowest BCUT2D eigenvalue weighted by atomic mass is 10.1. The van der Waals surface area contributed by atoms with E-state index in [-0.39, 0.29) is 5.91 Å². The van der Waals surface area contributed by atoms with Crippen LogP contribution in [0.4, 0.5) is 5.69 Å². The summed E-state index contributed by atoms with van der Waals surface area (Å²) in [5, 5.41) is 2.90. The molecule has 0 spiro atoms. The Morgan fingerprint density at radius 3 is 2.76 bits per heavy atom. The molecule has 0 aliphatic carbocycles. The lowest BCUT2D eigenvalue weighted by Gasteiger charge is -2.10. The average Bonchev–Trinajstić information content (AvgIpc) is 2.53. The zero-order chi connectivity index (χ0) is 15.1. The molecule has 1 amide bonds. The van der Waals surface area contributed by atoms with Crippen molar-refractivity contribution in [2.24, 2.45) is 5.73 Å². The van der Waals surface area contributed by atoms with E-state index in [4.69, 9.17) is 10.5 Å². The first-order valence-corrected chi connectivity index (χ1v) is 6.98. The predicted octanol–water partition coefficient (Wildman–Crippen LogP) is 2.84. The number of nitrogens with one attached hydrogen (secondary N) is 1. The number of benzene rings is 2. The molecule has 0 bridgehead atoms. The molecule has 0 heterocycles. The van der Waals surface area contributed by atoms with Crippen LogP contribution in [0, 0.1) is 0 Å². The number of carbonyl (C=O) groups excluding carboxylic acids is 1. The molecule has 2 aromatic carbocycles. The number of methoxy groups -OCH3 is 1. The maximum atomic E-state index is 12.3. The van der Waals surface area contributed by atoms with Gasteiger partial charge in [0.15, 0.2) is 0 Å². The van der Waals surface area contributed by atoms with Crippen molar-refractivity contribution in [3.05, 3.63) is 59.7 Å². The van der Waals surface area contributed by atoms with Crippen LogP contribution in [-0.2, 0) is 6.42 Å². The van der Waals surface area contributed by atoms with E-state index >= 15 is 0 Å². The zero-order valence-electron chi connectivity index (χ0n) is 12.1. The van der Waals surface area contributed by atoms with E-state index in [0.29, 0.717) is 17.9 Å². The quantitative estimate of drug-likeness (QED) is 0.857. The smallest absolute Gasteiger partial charge is 0.259 e. The predicted molar refractivity (Wildman–Crippen MR) is 84.8 cm³/mol. The molecule has 0 aliphatic rings. The second-order valence-corrected chi connectivity index (χ2v) is 4.75. The van der Waals surface area contributed by atoms with Crippen molar-refractivity contribution in [2.75, 3.05) is 19.0 Å². The second kappa shape index (κ2) is 7.45. The van der Waals surface area contributed by atoms with E-state index in [2.05, 4.69) is 5.32 Å². The van der Waals surface area contributed by atoms with Crippen LogP contribution in [0.3, 0.4) is 0 Å². The summed E-state index contributed by atoms with van der Waals surface area (Å²) in [5.74, 6) is 0.387. The molecule has 3 N–H and O–H groups in total.